The summed E-state index contributed by atoms with van der Waals surface area (Å²) in [5.41, 5.74) is 1.23. The van der Waals surface area contributed by atoms with Gasteiger partial charge in [0.1, 0.15) is 0 Å². The zero-order valence-corrected chi connectivity index (χ0v) is 13.2. The number of hydrogen-bond acceptors (Lipinski definition) is 2. The summed E-state index contributed by atoms with van der Waals surface area (Å²) < 4.78 is 0. The highest BCUT2D eigenvalue weighted by molar-refractivity contribution is 5.82. The molecule has 1 aromatic heterocycles. The van der Waals surface area contributed by atoms with E-state index in [0.29, 0.717) is 17.8 Å². The SMILES string of the molecule is CC1CCC(C(C)C)C(O)(c2cccc3cccnc23)C1. The Labute approximate surface area is 127 Å². The predicted molar refractivity (Wildman–Crippen MR) is 87.0 cm³/mol. The number of rotatable bonds is 2. The Kier molecular flexibility index (Phi) is 3.75. The Morgan fingerprint density at radius 1 is 1.19 bits per heavy atom. The normalized spacial score (nSPS) is 30.0. The maximum Gasteiger partial charge on any atom is 0.0950 e. The molecule has 1 heterocycles. The van der Waals surface area contributed by atoms with Crippen LogP contribution >= 0.6 is 0 Å². The second kappa shape index (κ2) is 5.42. The molecule has 0 saturated heterocycles. The first-order valence-electron chi connectivity index (χ1n) is 8.09. The first-order valence-corrected chi connectivity index (χ1v) is 8.09. The van der Waals surface area contributed by atoms with Gasteiger partial charge in [0.15, 0.2) is 0 Å². The Morgan fingerprint density at radius 2 is 1.95 bits per heavy atom. The van der Waals surface area contributed by atoms with Crippen LogP contribution in [0.2, 0.25) is 0 Å². The summed E-state index contributed by atoms with van der Waals surface area (Å²) in [5.74, 6) is 1.34. The monoisotopic (exact) mass is 283 g/mol. The van der Waals surface area contributed by atoms with Crippen molar-refractivity contribution >= 4 is 10.9 Å². The third-order valence-electron chi connectivity index (χ3n) is 5.15. The Hall–Kier alpha value is -1.41. The van der Waals surface area contributed by atoms with Gasteiger partial charge in [0, 0.05) is 17.1 Å². The lowest BCUT2D eigenvalue weighted by atomic mass is 9.64. The number of fused-ring (bicyclic) bond motifs is 1. The second-order valence-corrected chi connectivity index (χ2v) is 7.04. The van der Waals surface area contributed by atoms with E-state index in [1.807, 2.05) is 18.3 Å². The summed E-state index contributed by atoms with van der Waals surface area (Å²) in [7, 11) is 0. The van der Waals surface area contributed by atoms with Crippen LogP contribution in [0.5, 0.6) is 0 Å². The van der Waals surface area contributed by atoms with Crippen LogP contribution in [0.4, 0.5) is 0 Å². The van der Waals surface area contributed by atoms with Gasteiger partial charge in [0.05, 0.1) is 11.1 Å². The number of para-hydroxylation sites is 1. The molecule has 0 aliphatic heterocycles. The highest BCUT2D eigenvalue weighted by Crippen LogP contribution is 2.48. The van der Waals surface area contributed by atoms with Gasteiger partial charge in [0.25, 0.3) is 0 Å². The van der Waals surface area contributed by atoms with Crippen molar-refractivity contribution in [3.05, 3.63) is 42.1 Å². The predicted octanol–water partition coefficient (Wildman–Crippen LogP) is 4.51. The Bertz CT molecular complexity index is 631. The first-order chi connectivity index (χ1) is 10.0. The summed E-state index contributed by atoms with van der Waals surface area (Å²) in [5, 5.41) is 12.7. The molecule has 1 fully saturated rings. The van der Waals surface area contributed by atoms with Crippen molar-refractivity contribution < 1.29 is 5.11 Å². The number of hydrogen-bond donors (Lipinski definition) is 1. The number of pyridine rings is 1. The first kappa shape index (κ1) is 14.5. The van der Waals surface area contributed by atoms with E-state index in [-0.39, 0.29) is 0 Å². The molecule has 1 N–H and O–H groups in total. The molecule has 0 radical (unpaired) electrons. The third-order valence-corrected chi connectivity index (χ3v) is 5.15. The lowest BCUT2D eigenvalue weighted by molar-refractivity contribution is -0.0855. The van der Waals surface area contributed by atoms with Crippen molar-refractivity contribution in [2.45, 2.75) is 45.6 Å². The van der Waals surface area contributed by atoms with Gasteiger partial charge in [-0.25, -0.2) is 0 Å². The molecule has 21 heavy (non-hydrogen) atoms. The van der Waals surface area contributed by atoms with Gasteiger partial charge in [-0.15, -0.1) is 0 Å². The molecule has 2 nitrogen and oxygen atoms in total. The Balaban J connectivity index is 2.17. The fourth-order valence-corrected chi connectivity index (χ4v) is 4.14. The molecular weight excluding hydrogens is 258 g/mol. The fraction of sp³-hybridized carbons (Fsp3) is 0.526. The highest BCUT2D eigenvalue weighted by atomic mass is 16.3. The van der Waals surface area contributed by atoms with Gasteiger partial charge in [-0.2, -0.15) is 0 Å². The zero-order valence-electron chi connectivity index (χ0n) is 13.2. The van der Waals surface area contributed by atoms with Gasteiger partial charge in [0.2, 0.25) is 0 Å². The molecule has 1 aromatic carbocycles. The molecule has 1 saturated carbocycles. The number of aliphatic hydroxyl groups is 1. The molecule has 2 aromatic rings. The van der Waals surface area contributed by atoms with Gasteiger partial charge in [-0.05, 0) is 36.7 Å². The number of nitrogens with zero attached hydrogens (tertiary/aromatic N) is 1. The van der Waals surface area contributed by atoms with Crippen LogP contribution in [0.1, 0.15) is 45.6 Å². The lowest BCUT2D eigenvalue weighted by Gasteiger charge is -2.45. The molecule has 1 aliphatic rings. The van der Waals surface area contributed by atoms with Crippen molar-refractivity contribution in [3.63, 3.8) is 0 Å². The molecule has 1 aliphatic carbocycles. The van der Waals surface area contributed by atoms with Crippen molar-refractivity contribution in [3.8, 4) is 0 Å². The fourth-order valence-electron chi connectivity index (χ4n) is 4.14. The minimum Gasteiger partial charge on any atom is -0.385 e. The molecule has 112 valence electrons. The average Bonchev–Trinajstić information content (AvgIpc) is 2.46. The summed E-state index contributed by atoms with van der Waals surface area (Å²) >= 11 is 0. The Morgan fingerprint density at radius 3 is 2.71 bits per heavy atom. The molecule has 2 heteroatoms. The van der Waals surface area contributed by atoms with Crippen molar-refractivity contribution in [2.24, 2.45) is 17.8 Å². The largest absolute Gasteiger partial charge is 0.385 e. The molecule has 3 rings (SSSR count). The van der Waals surface area contributed by atoms with Crippen LogP contribution in [0, 0.1) is 17.8 Å². The molecule has 3 atom stereocenters. The van der Waals surface area contributed by atoms with Crippen molar-refractivity contribution in [2.75, 3.05) is 0 Å². The van der Waals surface area contributed by atoms with Gasteiger partial charge in [-0.3, -0.25) is 4.98 Å². The highest BCUT2D eigenvalue weighted by Gasteiger charge is 2.44. The molecule has 0 spiro atoms. The zero-order chi connectivity index (χ0) is 15.0. The van der Waals surface area contributed by atoms with E-state index < -0.39 is 5.60 Å². The van der Waals surface area contributed by atoms with Crippen LogP contribution in [-0.2, 0) is 5.60 Å². The van der Waals surface area contributed by atoms with Gasteiger partial charge >= 0.3 is 0 Å². The van der Waals surface area contributed by atoms with E-state index in [9.17, 15) is 5.11 Å². The smallest absolute Gasteiger partial charge is 0.0950 e. The van der Waals surface area contributed by atoms with Crippen LogP contribution in [0.15, 0.2) is 36.5 Å². The van der Waals surface area contributed by atoms with Gasteiger partial charge < -0.3 is 5.11 Å². The van der Waals surface area contributed by atoms with E-state index >= 15 is 0 Å². The third kappa shape index (κ3) is 2.46. The van der Waals surface area contributed by atoms with Crippen LogP contribution in [0.3, 0.4) is 0 Å². The minimum atomic E-state index is -0.750. The summed E-state index contributed by atoms with van der Waals surface area (Å²) in [6, 6.07) is 10.2. The molecular formula is C19H25NO. The van der Waals surface area contributed by atoms with Gasteiger partial charge in [-0.1, -0.05) is 51.5 Å². The van der Waals surface area contributed by atoms with E-state index in [4.69, 9.17) is 0 Å². The lowest BCUT2D eigenvalue weighted by Crippen LogP contribution is -2.43. The van der Waals surface area contributed by atoms with E-state index in [0.717, 1.165) is 29.3 Å². The van der Waals surface area contributed by atoms with E-state index in [1.165, 1.54) is 6.42 Å². The number of benzene rings is 1. The minimum absolute atomic E-state index is 0.307. The van der Waals surface area contributed by atoms with Crippen molar-refractivity contribution in [1.82, 2.24) is 4.98 Å². The summed E-state index contributed by atoms with van der Waals surface area (Å²) in [4.78, 5) is 4.56. The summed E-state index contributed by atoms with van der Waals surface area (Å²) in [6.07, 6.45) is 4.97. The standard InChI is InChI=1S/C19H25NO/c1-13(2)16-10-9-14(3)12-19(16,21)17-8-4-6-15-7-5-11-20-18(15)17/h4-8,11,13-14,16,21H,9-10,12H2,1-3H3. The van der Waals surface area contributed by atoms with E-state index in [1.54, 1.807) is 0 Å². The molecule has 0 amide bonds. The van der Waals surface area contributed by atoms with E-state index in [2.05, 4.69) is 44.0 Å². The van der Waals surface area contributed by atoms with Crippen LogP contribution in [-0.4, -0.2) is 10.1 Å². The van der Waals surface area contributed by atoms with Crippen LogP contribution < -0.4 is 0 Å². The van der Waals surface area contributed by atoms with Crippen molar-refractivity contribution in [1.29, 1.82) is 0 Å². The topological polar surface area (TPSA) is 33.1 Å². The molecule has 0 bridgehead atoms. The maximum atomic E-state index is 11.6. The quantitative estimate of drug-likeness (QED) is 0.879. The molecule has 3 unspecified atom stereocenters. The number of aromatic nitrogens is 1. The average molecular weight is 283 g/mol. The summed E-state index contributed by atoms with van der Waals surface area (Å²) in [6.45, 7) is 6.70. The maximum absolute atomic E-state index is 11.6. The van der Waals surface area contributed by atoms with Crippen LogP contribution in [0.25, 0.3) is 10.9 Å². The second-order valence-electron chi connectivity index (χ2n) is 7.04.